The summed E-state index contributed by atoms with van der Waals surface area (Å²) in [6.45, 7) is 16.9. The van der Waals surface area contributed by atoms with E-state index in [0.717, 1.165) is 92.8 Å². The van der Waals surface area contributed by atoms with Crippen molar-refractivity contribution in [1.82, 2.24) is 30.4 Å². The maximum absolute atomic E-state index is 14.1. The Kier molecular flexibility index (Phi) is 15.2. The van der Waals surface area contributed by atoms with Crippen molar-refractivity contribution < 1.29 is 29.1 Å². The molecule has 14 nitrogen and oxygen atoms in total. The molecule has 3 aromatic carbocycles. The number of amides is 4. The number of carbonyl (C=O) groups excluding carboxylic acids is 5. The first kappa shape index (κ1) is 51.0. The topological polar surface area (TPSA) is 192 Å². The van der Waals surface area contributed by atoms with Gasteiger partial charge in [0.15, 0.2) is 5.78 Å². The summed E-state index contributed by atoms with van der Waals surface area (Å²) < 4.78 is 0. The van der Waals surface area contributed by atoms with Crippen LogP contribution in [-0.2, 0) is 37.6 Å². The minimum Gasteiger partial charge on any atom is -0.391 e. The number of nitrogens with one attached hydrogen (secondary N) is 3. The second kappa shape index (κ2) is 21.2. The molecule has 5 aromatic rings. The van der Waals surface area contributed by atoms with E-state index in [1.807, 2.05) is 74.5 Å². The molecule has 0 saturated carbocycles. The number of rotatable bonds is 16. The number of ketones is 1. The fourth-order valence-electron chi connectivity index (χ4n) is 10.6. The predicted octanol–water partition coefficient (Wildman–Crippen LogP) is 8.09. The standard InChI is InChI=1S/C56H68N8O6S/c1-8-37-27-41-42(56(6,7)51-48(49(41)68)40-21-18-36(30-57)26-43(40)60-51)29-44(37)62-22-24-63(25-23-62)47(67)15-13-11-9-10-12-14-46(66)61-52(55(3,4)5)54(70)64-32-39(65)28-45(64)53(69)58-31-35-16-19-38(20-17-35)50-34(2)59-33-71-50/h16-21,26-27,29,33,39,45,52,60,65H,8-15,22-25,28,31-32H2,1-7H3,(H,58,69)(H,61,66)/t39-,45+,52?/m1/s1. The van der Waals surface area contributed by atoms with Crippen LogP contribution in [0.4, 0.5) is 5.69 Å². The zero-order valence-corrected chi connectivity index (χ0v) is 43.1. The van der Waals surface area contributed by atoms with Crippen LogP contribution in [0.25, 0.3) is 21.3 Å². The van der Waals surface area contributed by atoms with Gasteiger partial charge in [-0.1, -0.05) is 91.1 Å². The van der Waals surface area contributed by atoms with Crippen LogP contribution in [0.15, 0.2) is 60.1 Å². The number of H-pyrrole nitrogens is 1. The maximum Gasteiger partial charge on any atom is 0.246 e. The van der Waals surface area contributed by atoms with Gasteiger partial charge in [0.25, 0.3) is 0 Å². The van der Waals surface area contributed by atoms with Gasteiger partial charge in [-0.15, -0.1) is 11.3 Å². The van der Waals surface area contributed by atoms with E-state index in [1.54, 1.807) is 17.4 Å². The van der Waals surface area contributed by atoms with E-state index in [0.29, 0.717) is 50.1 Å². The van der Waals surface area contributed by atoms with Gasteiger partial charge in [-0.05, 0) is 78.1 Å². The Balaban J connectivity index is 0.762. The summed E-state index contributed by atoms with van der Waals surface area (Å²) in [4.78, 5) is 83.0. The van der Waals surface area contributed by atoms with Gasteiger partial charge in [0.2, 0.25) is 23.6 Å². The molecule has 0 spiro atoms. The van der Waals surface area contributed by atoms with Crippen LogP contribution in [0, 0.1) is 23.7 Å². The van der Waals surface area contributed by atoms with Crippen LogP contribution in [0.5, 0.6) is 0 Å². The van der Waals surface area contributed by atoms with Gasteiger partial charge in [0, 0.05) is 91.8 Å². The lowest BCUT2D eigenvalue weighted by atomic mass is 9.70. The Morgan fingerprint density at radius 2 is 1.68 bits per heavy atom. The number of likely N-dealkylation sites (tertiary alicyclic amines) is 1. The molecule has 4 N–H and O–H groups in total. The summed E-state index contributed by atoms with van der Waals surface area (Å²) in [5.41, 5.74) is 10.4. The number of unbranched alkanes of at least 4 members (excludes halogenated alkanes) is 4. The third kappa shape index (κ3) is 10.8. The maximum atomic E-state index is 14.1. The van der Waals surface area contributed by atoms with Gasteiger partial charge < -0.3 is 35.4 Å². The summed E-state index contributed by atoms with van der Waals surface area (Å²) in [6.07, 6.45) is 4.74. The molecule has 4 heterocycles. The zero-order chi connectivity index (χ0) is 50.8. The Morgan fingerprint density at radius 3 is 2.34 bits per heavy atom. The number of nitrogens with zero attached hydrogens (tertiary/aromatic N) is 5. The van der Waals surface area contributed by atoms with Crippen LogP contribution < -0.4 is 15.5 Å². The smallest absolute Gasteiger partial charge is 0.246 e. The molecule has 0 bridgehead atoms. The molecule has 0 radical (unpaired) electrons. The van der Waals surface area contributed by atoms with Crippen LogP contribution in [0.3, 0.4) is 0 Å². The Bertz CT molecular complexity index is 2860. The minimum atomic E-state index is -0.883. The minimum absolute atomic E-state index is 0.00139. The number of aliphatic hydroxyl groups is 1. The highest BCUT2D eigenvalue weighted by molar-refractivity contribution is 7.13. The molecule has 2 saturated heterocycles. The summed E-state index contributed by atoms with van der Waals surface area (Å²) in [5.74, 6) is -0.808. The van der Waals surface area contributed by atoms with Gasteiger partial charge in [-0.3, -0.25) is 24.0 Å². The second-order valence-electron chi connectivity index (χ2n) is 21.2. The van der Waals surface area contributed by atoms with E-state index in [2.05, 4.69) is 64.5 Å². The Labute approximate surface area is 421 Å². The monoisotopic (exact) mass is 980 g/mol. The number of anilines is 1. The predicted molar refractivity (Wildman–Crippen MR) is 277 cm³/mol. The van der Waals surface area contributed by atoms with Gasteiger partial charge in [-0.25, -0.2) is 4.98 Å². The highest BCUT2D eigenvalue weighted by Gasteiger charge is 2.45. The number of β-amino-alcohol motifs (C(OH)–C–C–N with tert-alkyl or cyclic N) is 1. The lowest BCUT2D eigenvalue weighted by Crippen LogP contribution is -2.57. The summed E-state index contributed by atoms with van der Waals surface area (Å²) in [6, 6.07) is 18.1. The van der Waals surface area contributed by atoms with Gasteiger partial charge in [0.05, 0.1) is 39.4 Å². The summed E-state index contributed by atoms with van der Waals surface area (Å²) >= 11 is 1.58. The SMILES string of the molecule is CCc1cc2c(cc1N1CCN(C(=O)CCCCCCCC(=O)NC(C(=O)N3C[C@H](O)C[C@H]3C(=O)NCc3ccc(-c4scnc4C)cc3)C(C)(C)C)CC1)C(C)(C)c1[nH]c3cc(C#N)ccc3c1C2=O. The van der Waals surface area contributed by atoms with Crippen molar-refractivity contribution in [3.8, 4) is 16.5 Å². The lowest BCUT2D eigenvalue weighted by Gasteiger charge is -2.39. The lowest BCUT2D eigenvalue weighted by molar-refractivity contribution is -0.144. The highest BCUT2D eigenvalue weighted by atomic mass is 32.1. The van der Waals surface area contributed by atoms with Crippen molar-refractivity contribution in [3.63, 3.8) is 0 Å². The van der Waals surface area contributed by atoms with Crippen molar-refractivity contribution in [2.24, 2.45) is 5.41 Å². The van der Waals surface area contributed by atoms with Crippen molar-refractivity contribution in [2.45, 2.75) is 136 Å². The number of carbonyl (C=O) groups is 5. The molecule has 8 rings (SSSR count). The molecular formula is C56H68N8O6S. The molecule has 4 amide bonds. The number of nitriles is 1. The molecule has 1 unspecified atom stereocenters. The number of benzene rings is 3. The third-order valence-corrected chi connectivity index (χ3v) is 15.8. The van der Waals surface area contributed by atoms with Crippen LogP contribution in [0.2, 0.25) is 0 Å². The molecule has 2 aromatic heterocycles. The fourth-order valence-corrected chi connectivity index (χ4v) is 11.4. The second-order valence-corrected chi connectivity index (χ2v) is 22.0. The number of thiazole rings is 1. The molecule has 3 aliphatic rings. The van der Waals surface area contributed by atoms with Crippen molar-refractivity contribution in [3.05, 3.63) is 105 Å². The largest absolute Gasteiger partial charge is 0.391 e. The van der Waals surface area contributed by atoms with E-state index in [-0.39, 0.29) is 55.3 Å². The number of hydrogen-bond acceptors (Lipinski definition) is 10. The van der Waals surface area contributed by atoms with Crippen LogP contribution in [-0.4, -0.2) is 105 Å². The Morgan fingerprint density at radius 1 is 0.972 bits per heavy atom. The van der Waals surface area contributed by atoms with Crippen LogP contribution in [0.1, 0.15) is 142 Å². The summed E-state index contributed by atoms with van der Waals surface area (Å²) in [5, 5.41) is 26.9. The highest BCUT2D eigenvalue weighted by Crippen LogP contribution is 2.46. The Hall–Kier alpha value is -6.37. The molecule has 1 aliphatic carbocycles. The zero-order valence-electron chi connectivity index (χ0n) is 42.2. The average molecular weight is 981 g/mol. The molecule has 15 heteroatoms. The number of aryl methyl sites for hydroxylation is 2. The number of piperazine rings is 1. The van der Waals surface area contributed by atoms with Crippen molar-refractivity contribution in [1.29, 1.82) is 5.26 Å². The fraction of sp³-hybridized carbons (Fsp3) is 0.482. The molecule has 3 atom stereocenters. The van der Waals surface area contributed by atoms with Crippen molar-refractivity contribution in [2.75, 3.05) is 37.6 Å². The normalized spacial score (nSPS) is 18.0. The molecule has 374 valence electrons. The third-order valence-electron chi connectivity index (χ3n) is 14.8. The van der Waals surface area contributed by atoms with E-state index >= 15 is 0 Å². The molecule has 2 aliphatic heterocycles. The quantitative estimate of drug-likeness (QED) is 0.0708. The van der Waals surface area contributed by atoms with E-state index in [9.17, 15) is 34.3 Å². The number of hydrogen-bond donors (Lipinski definition) is 4. The number of aromatic amines is 1. The first-order valence-corrected chi connectivity index (χ1v) is 26.1. The van der Waals surface area contributed by atoms with Gasteiger partial charge in [-0.2, -0.15) is 5.26 Å². The first-order chi connectivity index (χ1) is 33.9. The van der Waals surface area contributed by atoms with Gasteiger partial charge >= 0.3 is 0 Å². The molecule has 71 heavy (non-hydrogen) atoms. The van der Waals surface area contributed by atoms with E-state index in [1.165, 1.54) is 4.90 Å². The average Bonchev–Trinajstić information content (AvgIpc) is 4.09. The van der Waals surface area contributed by atoms with Crippen molar-refractivity contribution >= 4 is 57.3 Å². The number of fused-ring (bicyclic) bond motifs is 4. The molecule has 2 fully saturated rings. The molecular weight excluding hydrogens is 913 g/mol. The van der Waals surface area contributed by atoms with Gasteiger partial charge in [0.1, 0.15) is 12.1 Å². The van der Waals surface area contributed by atoms with E-state index in [4.69, 9.17) is 0 Å². The first-order valence-electron chi connectivity index (χ1n) is 25.3. The summed E-state index contributed by atoms with van der Waals surface area (Å²) in [7, 11) is 0. The number of aliphatic hydroxyl groups excluding tert-OH is 1. The number of aromatic nitrogens is 2. The van der Waals surface area contributed by atoms with Crippen LogP contribution >= 0.6 is 11.3 Å². The van der Waals surface area contributed by atoms with E-state index < -0.39 is 29.0 Å².